The maximum absolute atomic E-state index is 9.94. The fourth-order valence-electron chi connectivity index (χ4n) is 2.20. The highest BCUT2D eigenvalue weighted by Crippen LogP contribution is 2.36. The molecule has 0 aliphatic carbocycles. The Morgan fingerprint density at radius 1 is 1.24 bits per heavy atom. The number of nitrogens with zero attached hydrogens (tertiary/aromatic N) is 1. The number of fused-ring (bicyclic) bond motifs is 1. The lowest BCUT2D eigenvalue weighted by molar-refractivity contribution is 0.200. The molecule has 0 fully saturated rings. The van der Waals surface area contributed by atoms with Crippen molar-refractivity contribution in [3.8, 4) is 0 Å². The zero-order valence-electron chi connectivity index (χ0n) is 10.6. The van der Waals surface area contributed by atoms with Gasteiger partial charge in [0.05, 0.1) is 11.7 Å². The average molecular weight is 233 g/mol. The summed E-state index contributed by atoms with van der Waals surface area (Å²) in [4.78, 5) is 2.13. The zero-order chi connectivity index (χ0) is 12.4. The Bertz CT molecular complexity index is 498. The lowest BCUT2D eigenvalue weighted by Crippen LogP contribution is -2.22. The number of anilines is 1. The van der Waals surface area contributed by atoms with E-state index in [-0.39, 0.29) is 0 Å². The molecule has 0 radical (unpaired) electrons. The molecule has 1 heterocycles. The molecular formula is C14H19NO2. The minimum atomic E-state index is -0.519. The Morgan fingerprint density at radius 2 is 1.88 bits per heavy atom. The van der Waals surface area contributed by atoms with Gasteiger partial charge in [-0.3, -0.25) is 0 Å². The van der Waals surface area contributed by atoms with Gasteiger partial charge in [0.2, 0.25) is 5.88 Å². The van der Waals surface area contributed by atoms with Crippen LogP contribution >= 0.6 is 0 Å². The molecule has 17 heavy (non-hydrogen) atoms. The van der Waals surface area contributed by atoms with Crippen molar-refractivity contribution in [1.29, 1.82) is 0 Å². The molecule has 0 saturated heterocycles. The van der Waals surface area contributed by atoms with Gasteiger partial charge in [-0.25, -0.2) is 0 Å². The number of hydrogen-bond donors (Lipinski definition) is 1. The number of hydrogen-bond acceptors (Lipinski definition) is 3. The molecule has 1 aromatic carbocycles. The van der Waals surface area contributed by atoms with Crippen LogP contribution in [-0.4, -0.2) is 18.2 Å². The smallest absolute Gasteiger partial charge is 0.202 e. The van der Waals surface area contributed by atoms with Crippen LogP contribution in [0.5, 0.6) is 0 Å². The van der Waals surface area contributed by atoms with Crippen molar-refractivity contribution >= 4 is 16.9 Å². The lowest BCUT2D eigenvalue weighted by atomic mass is 10.1. The summed E-state index contributed by atoms with van der Waals surface area (Å²) in [5.74, 6) is 0.797. The molecule has 0 amide bonds. The molecule has 2 rings (SSSR count). The lowest BCUT2D eigenvalue weighted by Gasteiger charge is -2.20. The molecule has 1 aromatic heterocycles. The Kier molecular flexibility index (Phi) is 3.38. The first kappa shape index (κ1) is 12.0. The highest BCUT2D eigenvalue weighted by molar-refractivity contribution is 5.86. The second-order valence-corrected chi connectivity index (χ2v) is 4.17. The quantitative estimate of drug-likeness (QED) is 0.880. The molecule has 0 saturated carbocycles. The number of aliphatic hydroxyl groups is 1. The van der Waals surface area contributed by atoms with E-state index < -0.39 is 6.10 Å². The van der Waals surface area contributed by atoms with Crippen LogP contribution in [-0.2, 0) is 0 Å². The number of furan rings is 1. The van der Waals surface area contributed by atoms with Gasteiger partial charge >= 0.3 is 0 Å². The summed E-state index contributed by atoms with van der Waals surface area (Å²) in [5.41, 5.74) is 1.73. The summed E-state index contributed by atoms with van der Waals surface area (Å²) in [6.45, 7) is 7.70. The summed E-state index contributed by atoms with van der Waals surface area (Å²) in [7, 11) is 0. The average Bonchev–Trinajstić information content (AvgIpc) is 2.69. The standard InChI is InChI=1S/C14H19NO2/c1-4-15(5-2)14-13(10(3)16)11-8-6-7-9-12(11)17-14/h6-10,16H,4-5H2,1-3H3. The van der Waals surface area contributed by atoms with Gasteiger partial charge in [-0.05, 0) is 26.8 Å². The van der Waals surface area contributed by atoms with E-state index in [1.165, 1.54) is 0 Å². The van der Waals surface area contributed by atoms with E-state index in [2.05, 4.69) is 18.7 Å². The summed E-state index contributed by atoms with van der Waals surface area (Å²) in [6.07, 6.45) is -0.519. The molecule has 0 aliphatic rings. The minimum absolute atomic E-state index is 0.519. The van der Waals surface area contributed by atoms with Crippen LogP contribution in [0.25, 0.3) is 11.0 Å². The van der Waals surface area contributed by atoms with E-state index in [9.17, 15) is 5.11 Å². The number of aliphatic hydroxyl groups excluding tert-OH is 1. The van der Waals surface area contributed by atoms with Crippen molar-refractivity contribution < 1.29 is 9.52 Å². The normalized spacial score (nSPS) is 12.9. The number of para-hydroxylation sites is 1. The third kappa shape index (κ3) is 2.03. The van der Waals surface area contributed by atoms with Crippen molar-refractivity contribution in [2.24, 2.45) is 0 Å². The second kappa shape index (κ2) is 4.80. The van der Waals surface area contributed by atoms with Gasteiger partial charge in [-0.1, -0.05) is 18.2 Å². The predicted molar refractivity (Wildman–Crippen MR) is 70.4 cm³/mol. The summed E-state index contributed by atoms with van der Waals surface area (Å²) in [5, 5.41) is 10.9. The van der Waals surface area contributed by atoms with Gasteiger partial charge in [-0.2, -0.15) is 0 Å². The van der Waals surface area contributed by atoms with E-state index in [0.717, 1.165) is 35.5 Å². The topological polar surface area (TPSA) is 36.6 Å². The van der Waals surface area contributed by atoms with Gasteiger partial charge in [0.15, 0.2) is 0 Å². The maximum atomic E-state index is 9.94. The third-order valence-corrected chi connectivity index (χ3v) is 3.08. The SMILES string of the molecule is CCN(CC)c1oc2ccccc2c1C(C)O. The summed E-state index contributed by atoms with van der Waals surface area (Å²) >= 11 is 0. The van der Waals surface area contributed by atoms with E-state index in [0.29, 0.717) is 0 Å². The molecule has 1 unspecified atom stereocenters. The molecule has 0 aliphatic heterocycles. The minimum Gasteiger partial charge on any atom is -0.440 e. The van der Waals surface area contributed by atoms with Crippen LogP contribution in [0, 0.1) is 0 Å². The molecule has 92 valence electrons. The maximum Gasteiger partial charge on any atom is 0.202 e. The highest BCUT2D eigenvalue weighted by Gasteiger charge is 2.20. The molecule has 0 bridgehead atoms. The van der Waals surface area contributed by atoms with Crippen LogP contribution < -0.4 is 4.90 Å². The van der Waals surface area contributed by atoms with Gasteiger partial charge in [-0.15, -0.1) is 0 Å². The van der Waals surface area contributed by atoms with Crippen LogP contribution in [0.2, 0.25) is 0 Å². The van der Waals surface area contributed by atoms with Crippen LogP contribution in [0.15, 0.2) is 28.7 Å². The molecule has 0 spiro atoms. The van der Waals surface area contributed by atoms with E-state index in [1.54, 1.807) is 6.92 Å². The highest BCUT2D eigenvalue weighted by atomic mass is 16.4. The first-order valence-electron chi connectivity index (χ1n) is 6.13. The second-order valence-electron chi connectivity index (χ2n) is 4.17. The molecule has 1 atom stereocenters. The zero-order valence-corrected chi connectivity index (χ0v) is 10.6. The van der Waals surface area contributed by atoms with Crippen molar-refractivity contribution in [2.75, 3.05) is 18.0 Å². The van der Waals surface area contributed by atoms with Crippen molar-refractivity contribution in [3.63, 3.8) is 0 Å². The molecule has 1 N–H and O–H groups in total. The van der Waals surface area contributed by atoms with Crippen molar-refractivity contribution in [2.45, 2.75) is 26.9 Å². The molecular weight excluding hydrogens is 214 g/mol. The van der Waals surface area contributed by atoms with E-state index >= 15 is 0 Å². The Hall–Kier alpha value is -1.48. The predicted octanol–water partition coefficient (Wildman–Crippen LogP) is 3.33. The van der Waals surface area contributed by atoms with Gasteiger partial charge in [0.1, 0.15) is 5.58 Å². The molecule has 2 aromatic rings. The first-order chi connectivity index (χ1) is 8.19. The van der Waals surface area contributed by atoms with Gasteiger partial charge in [0, 0.05) is 18.5 Å². The van der Waals surface area contributed by atoms with E-state index in [1.807, 2.05) is 24.3 Å². The Morgan fingerprint density at radius 3 is 2.47 bits per heavy atom. The summed E-state index contributed by atoms with van der Waals surface area (Å²) < 4.78 is 5.87. The Balaban J connectivity index is 2.65. The number of rotatable bonds is 4. The monoisotopic (exact) mass is 233 g/mol. The van der Waals surface area contributed by atoms with Crippen molar-refractivity contribution in [3.05, 3.63) is 29.8 Å². The largest absolute Gasteiger partial charge is 0.440 e. The fourth-order valence-corrected chi connectivity index (χ4v) is 2.20. The number of benzene rings is 1. The van der Waals surface area contributed by atoms with Gasteiger partial charge < -0.3 is 14.4 Å². The van der Waals surface area contributed by atoms with Crippen LogP contribution in [0.3, 0.4) is 0 Å². The summed E-state index contributed by atoms with van der Waals surface area (Å²) in [6, 6.07) is 7.85. The molecule has 3 heteroatoms. The fraction of sp³-hybridized carbons (Fsp3) is 0.429. The first-order valence-corrected chi connectivity index (χ1v) is 6.13. The van der Waals surface area contributed by atoms with Gasteiger partial charge in [0.25, 0.3) is 0 Å². The third-order valence-electron chi connectivity index (χ3n) is 3.08. The Labute approximate surface area is 102 Å². The van der Waals surface area contributed by atoms with Crippen LogP contribution in [0.4, 0.5) is 5.88 Å². The van der Waals surface area contributed by atoms with Crippen molar-refractivity contribution in [1.82, 2.24) is 0 Å². The van der Waals surface area contributed by atoms with E-state index in [4.69, 9.17) is 4.42 Å². The molecule has 3 nitrogen and oxygen atoms in total. The van der Waals surface area contributed by atoms with Crippen LogP contribution in [0.1, 0.15) is 32.4 Å².